The summed E-state index contributed by atoms with van der Waals surface area (Å²) >= 11 is 1.58. The minimum absolute atomic E-state index is 0.193. The van der Waals surface area contributed by atoms with Crippen molar-refractivity contribution in [3.05, 3.63) is 29.9 Å². The lowest BCUT2D eigenvalue weighted by atomic mass is 10.6. The van der Waals surface area contributed by atoms with E-state index in [9.17, 15) is 0 Å². The van der Waals surface area contributed by atoms with Gasteiger partial charge in [0.2, 0.25) is 0 Å². The first-order valence-electron chi connectivity index (χ1n) is 3.14. The van der Waals surface area contributed by atoms with E-state index in [1.807, 2.05) is 17.5 Å². The molecule has 4 heteroatoms. The number of hydrogen-bond acceptors (Lipinski definition) is 3. The predicted octanol–water partition coefficient (Wildman–Crippen LogP) is 1.64. The highest BCUT2D eigenvalue weighted by Gasteiger charge is 1.98. The second kappa shape index (κ2) is 2.39. The zero-order valence-electron chi connectivity index (χ0n) is 5.64. The number of aromatic hydroxyl groups is 1. The Labute approximate surface area is 67.5 Å². The lowest BCUT2D eigenvalue weighted by Gasteiger charge is -1.91. The zero-order valence-corrected chi connectivity index (χ0v) is 6.45. The number of rotatable bonds is 1. The molecule has 0 spiro atoms. The summed E-state index contributed by atoms with van der Waals surface area (Å²) in [4.78, 5) is 0. The standard InChI is InChI=1S/C7H6N2OS/c10-6-4-8-9(5-6)7-2-1-3-11-7/h1-5,10H. The molecule has 0 amide bonds. The lowest BCUT2D eigenvalue weighted by Crippen LogP contribution is -1.88. The van der Waals surface area contributed by atoms with Crippen molar-refractivity contribution in [1.29, 1.82) is 0 Å². The fraction of sp³-hybridized carbons (Fsp3) is 0. The van der Waals surface area contributed by atoms with Crippen LogP contribution in [0.4, 0.5) is 0 Å². The Balaban J connectivity index is 2.45. The number of thiophene rings is 1. The largest absolute Gasteiger partial charge is 0.505 e. The molecular weight excluding hydrogens is 160 g/mol. The quantitative estimate of drug-likeness (QED) is 0.699. The minimum Gasteiger partial charge on any atom is -0.505 e. The molecule has 0 aromatic carbocycles. The third-order valence-electron chi connectivity index (χ3n) is 1.30. The normalized spacial score (nSPS) is 10.2. The highest BCUT2D eigenvalue weighted by Crippen LogP contribution is 2.16. The molecule has 0 aliphatic rings. The highest BCUT2D eigenvalue weighted by molar-refractivity contribution is 7.12. The SMILES string of the molecule is Oc1cnn(-c2cccs2)c1. The summed E-state index contributed by atoms with van der Waals surface area (Å²) in [5.74, 6) is 0.193. The molecule has 0 aliphatic heterocycles. The van der Waals surface area contributed by atoms with Crippen LogP contribution < -0.4 is 0 Å². The topological polar surface area (TPSA) is 38.1 Å². The van der Waals surface area contributed by atoms with Gasteiger partial charge in [-0.25, -0.2) is 4.68 Å². The Morgan fingerprint density at radius 2 is 2.45 bits per heavy atom. The van der Waals surface area contributed by atoms with Crippen LogP contribution in [0.15, 0.2) is 29.9 Å². The molecule has 56 valence electrons. The van der Waals surface area contributed by atoms with E-state index in [0.29, 0.717) is 0 Å². The molecule has 2 heterocycles. The fourth-order valence-electron chi connectivity index (χ4n) is 0.834. The number of aromatic nitrogens is 2. The van der Waals surface area contributed by atoms with Gasteiger partial charge in [0.1, 0.15) is 5.00 Å². The van der Waals surface area contributed by atoms with Crippen molar-refractivity contribution in [3.63, 3.8) is 0 Å². The Hall–Kier alpha value is -1.29. The second-order valence-corrected chi connectivity index (χ2v) is 3.02. The van der Waals surface area contributed by atoms with Crippen LogP contribution in [0.1, 0.15) is 0 Å². The summed E-state index contributed by atoms with van der Waals surface area (Å²) < 4.78 is 1.64. The van der Waals surface area contributed by atoms with Gasteiger partial charge in [-0.2, -0.15) is 5.10 Å². The molecule has 0 fully saturated rings. The molecular formula is C7H6N2OS. The lowest BCUT2D eigenvalue weighted by molar-refractivity contribution is 0.475. The molecule has 2 aromatic rings. The van der Waals surface area contributed by atoms with Gasteiger partial charge in [0.05, 0.1) is 12.4 Å². The Morgan fingerprint density at radius 1 is 1.55 bits per heavy atom. The van der Waals surface area contributed by atoms with Gasteiger partial charge in [-0.1, -0.05) is 0 Å². The molecule has 0 saturated carbocycles. The molecule has 0 atom stereocenters. The van der Waals surface area contributed by atoms with Gasteiger partial charge < -0.3 is 5.11 Å². The fourth-order valence-corrected chi connectivity index (χ4v) is 1.50. The Morgan fingerprint density at radius 3 is 3.00 bits per heavy atom. The van der Waals surface area contributed by atoms with E-state index < -0.39 is 0 Å². The zero-order chi connectivity index (χ0) is 7.68. The van der Waals surface area contributed by atoms with Crippen molar-refractivity contribution in [2.75, 3.05) is 0 Å². The summed E-state index contributed by atoms with van der Waals surface area (Å²) in [6.45, 7) is 0. The van der Waals surface area contributed by atoms with Gasteiger partial charge >= 0.3 is 0 Å². The summed E-state index contributed by atoms with van der Waals surface area (Å²) in [6, 6.07) is 3.88. The number of hydrogen-bond donors (Lipinski definition) is 1. The maximum absolute atomic E-state index is 8.97. The van der Waals surface area contributed by atoms with Crippen molar-refractivity contribution in [2.45, 2.75) is 0 Å². The van der Waals surface area contributed by atoms with Crippen LogP contribution in [0.2, 0.25) is 0 Å². The second-order valence-electron chi connectivity index (χ2n) is 2.09. The summed E-state index contributed by atoms with van der Waals surface area (Å²) in [7, 11) is 0. The molecule has 0 unspecified atom stereocenters. The molecule has 0 radical (unpaired) electrons. The van der Waals surface area contributed by atoms with Gasteiger partial charge in [0.25, 0.3) is 0 Å². The summed E-state index contributed by atoms with van der Waals surface area (Å²) in [5.41, 5.74) is 0. The average Bonchev–Trinajstić information content (AvgIpc) is 2.55. The van der Waals surface area contributed by atoms with Gasteiger partial charge in [-0.15, -0.1) is 11.3 Å². The van der Waals surface area contributed by atoms with Crippen LogP contribution in [-0.2, 0) is 0 Å². The van der Waals surface area contributed by atoms with E-state index in [0.717, 1.165) is 5.00 Å². The van der Waals surface area contributed by atoms with Crippen molar-refractivity contribution < 1.29 is 5.11 Å². The van der Waals surface area contributed by atoms with Gasteiger partial charge in [0.15, 0.2) is 5.75 Å². The van der Waals surface area contributed by atoms with E-state index in [-0.39, 0.29) is 5.75 Å². The molecule has 3 nitrogen and oxygen atoms in total. The smallest absolute Gasteiger partial charge is 0.153 e. The Kier molecular flexibility index (Phi) is 1.40. The Bertz CT molecular complexity index is 339. The van der Waals surface area contributed by atoms with E-state index in [2.05, 4.69) is 5.10 Å². The molecule has 11 heavy (non-hydrogen) atoms. The number of nitrogens with zero attached hydrogens (tertiary/aromatic N) is 2. The van der Waals surface area contributed by atoms with Crippen molar-refractivity contribution in [1.82, 2.24) is 9.78 Å². The van der Waals surface area contributed by atoms with Crippen LogP contribution in [0, 0.1) is 0 Å². The third-order valence-corrected chi connectivity index (χ3v) is 2.16. The maximum atomic E-state index is 8.97. The van der Waals surface area contributed by atoms with E-state index in [1.165, 1.54) is 6.20 Å². The van der Waals surface area contributed by atoms with Crippen molar-refractivity contribution in [2.24, 2.45) is 0 Å². The van der Waals surface area contributed by atoms with Crippen LogP contribution >= 0.6 is 11.3 Å². The van der Waals surface area contributed by atoms with Crippen LogP contribution in [0.5, 0.6) is 5.75 Å². The van der Waals surface area contributed by atoms with E-state index in [1.54, 1.807) is 22.2 Å². The third kappa shape index (κ3) is 1.12. The predicted molar refractivity (Wildman–Crippen MR) is 43.1 cm³/mol. The van der Waals surface area contributed by atoms with Gasteiger partial charge in [0, 0.05) is 0 Å². The molecule has 0 bridgehead atoms. The monoisotopic (exact) mass is 166 g/mol. The highest BCUT2D eigenvalue weighted by atomic mass is 32.1. The first-order chi connectivity index (χ1) is 5.36. The van der Waals surface area contributed by atoms with Crippen LogP contribution in [0.25, 0.3) is 5.00 Å². The van der Waals surface area contributed by atoms with E-state index >= 15 is 0 Å². The first kappa shape index (κ1) is 6.42. The molecule has 1 N–H and O–H groups in total. The molecule has 0 aliphatic carbocycles. The van der Waals surface area contributed by atoms with Gasteiger partial charge in [-0.3, -0.25) is 0 Å². The van der Waals surface area contributed by atoms with E-state index in [4.69, 9.17) is 5.11 Å². The maximum Gasteiger partial charge on any atom is 0.153 e. The average molecular weight is 166 g/mol. The van der Waals surface area contributed by atoms with Gasteiger partial charge in [-0.05, 0) is 17.5 Å². The first-order valence-corrected chi connectivity index (χ1v) is 4.02. The molecule has 2 aromatic heterocycles. The summed E-state index contributed by atoms with van der Waals surface area (Å²) in [6.07, 6.45) is 2.99. The van der Waals surface area contributed by atoms with Crippen LogP contribution in [0.3, 0.4) is 0 Å². The van der Waals surface area contributed by atoms with Crippen molar-refractivity contribution in [3.8, 4) is 10.8 Å². The molecule has 0 saturated heterocycles. The van der Waals surface area contributed by atoms with Crippen molar-refractivity contribution >= 4 is 11.3 Å². The summed E-state index contributed by atoms with van der Waals surface area (Å²) in [5, 5.41) is 15.9. The van der Waals surface area contributed by atoms with Crippen LogP contribution in [-0.4, -0.2) is 14.9 Å². The molecule has 2 rings (SSSR count). The minimum atomic E-state index is 0.193.